The fourth-order valence-electron chi connectivity index (χ4n) is 2.60. The van der Waals surface area contributed by atoms with Gasteiger partial charge < -0.3 is 15.7 Å². The van der Waals surface area contributed by atoms with Gasteiger partial charge in [0.15, 0.2) is 0 Å². The molecule has 1 aliphatic heterocycles. The third kappa shape index (κ3) is 4.71. The minimum atomic E-state index is -0.927. The van der Waals surface area contributed by atoms with Gasteiger partial charge in [-0.25, -0.2) is 4.79 Å². The first-order valence-electron chi connectivity index (χ1n) is 4.99. The summed E-state index contributed by atoms with van der Waals surface area (Å²) in [6.45, 7) is 8.41. The number of piperidine rings is 1. The Kier molecular flexibility index (Phi) is 4.43. The van der Waals surface area contributed by atoms with E-state index in [1.807, 2.05) is 0 Å². The lowest BCUT2D eigenvalue weighted by Gasteiger charge is -2.46. The number of halogens is 1. The molecule has 0 aliphatic carbocycles. The molecular weight excluding hydrogens is 216 g/mol. The predicted molar refractivity (Wildman–Crippen MR) is 62.7 cm³/mol. The molecule has 15 heavy (non-hydrogen) atoms. The molecule has 1 fully saturated rings. The summed E-state index contributed by atoms with van der Waals surface area (Å²) in [5, 5.41) is 14.7. The Labute approximate surface area is 97.2 Å². The molecule has 0 radical (unpaired) electrons. The molecule has 0 bridgehead atoms. The summed E-state index contributed by atoms with van der Waals surface area (Å²) in [7, 11) is 0. The van der Waals surface area contributed by atoms with Crippen LogP contribution in [0, 0.1) is 0 Å². The Hall–Kier alpha value is -0.480. The first-order chi connectivity index (χ1) is 6.20. The predicted octanol–water partition coefficient (Wildman–Crippen LogP) is 1.98. The maximum Gasteiger partial charge on any atom is 0.404 e. The minimum Gasteiger partial charge on any atom is -0.465 e. The van der Waals surface area contributed by atoms with Gasteiger partial charge in [-0.3, -0.25) is 0 Å². The highest BCUT2D eigenvalue weighted by Crippen LogP contribution is 2.28. The molecule has 90 valence electrons. The van der Waals surface area contributed by atoms with E-state index >= 15 is 0 Å². The number of nitrogens with one attached hydrogen (secondary N) is 2. The summed E-state index contributed by atoms with van der Waals surface area (Å²) in [4.78, 5) is 10.6. The molecular formula is C10H21ClN2O2. The molecule has 0 unspecified atom stereocenters. The van der Waals surface area contributed by atoms with Crippen LogP contribution in [0.25, 0.3) is 0 Å². The summed E-state index contributed by atoms with van der Waals surface area (Å²) in [6.07, 6.45) is 0.745. The van der Waals surface area contributed by atoms with Crippen molar-refractivity contribution < 1.29 is 9.90 Å². The van der Waals surface area contributed by atoms with Crippen molar-refractivity contribution in [2.75, 3.05) is 0 Å². The Morgan fingerprint density at radius 1 is 1.27 bits per heavy atom. The van der Waals surface area contributed by atoms with Crippen molar-refractivity contribution in [1.82, 2.24) is 10.6 Å². The lowest BCUT2D eigenvalue weighted by Crippen LogP contribution is -2.62. The lowest BCUT2D eigenvalue weighted by atomic mass is 9.80. The topological polar surface area (TPSA) is 61.4 Å². The van der Waals surface area contributed by atoms with E-state index in [9.17, 15) is 4.79 Å². The van der Waals surface area contributed by atoms with Crippen molar-refractivity contribution in [3.05, 3.63) is 0 Å². The van der Waals surface area contributed by atoms with E-state index in [2.05, 4.69) is 38.3 Å². The number of carboxylic acid groups (broad SMARTS) is 1. The van der Waals surface area contributed by atoms with Crippen molar-refractivity contribution in [1.29, 1.82) is 0 Å². The molecule has 0 aromatic carbocycles. The molecule has 1 saturated heterocycles. The Morgan fingerprint density at radius 3 is 2.00 bits per heavy atom. The molecule has 0 saturated carbocycles. The van der Waals surface area contributed by atoms with Gasteiger partial charge in [-0.15, -0.1) is 12.4 Å². The quantitative estimate of drug-likeness (QED) is 0.653. The third-order valence-corrected chi connectivity index (χ3v) is 2.52. The van der Waals surface area contributed by atoms with Crippen molar-refractivity contribution in [2.45, 2.75) is 57.7 Å². The molecule has 1 amide bonds. The number of hydrogen-bond donors (Lipinski definition) is 3. The molecule has 3 N–H and O–H groups in total. The fourth-order valence-corrected chi connectivity index (χ4v) is 2.60. The molecule has 4 nitrogen and oxygen atoms in total. The van der Waals surface area contributed by atoms with Gasteiger partial charge in [-0.1, -0.05) is 0 Å². The summed E-state index contributed by atoms with van der Waals surface area (Å²) in [5.41, 5.74) is -0.0102. The highest BCUT2D eigenvalue weighted by molar-refractivity contribution is 5.85. The van der Waals surface area contributed by atoms with E-state index in [1.54, 1.807) is 0 Å². The van der Waals surface area contributed by atoms with Crippen molar-refractivity contribution in [2.24, 2.45) is 0 Å². The maximum atomic E-state index is 10.6. The number of carbonyl (C=O) groups is 1. The third-order valence-electron chi connectivity index (χ3n) is 2.52. The Bertz CT molecular complexity index is 226. The van der Waals surface area contributed by atoms with Crippen molar-refractivity contribution in [3.63, 3.8) is 0 Å². The first-order valence-corrected chi connectivity index (χ1v) is 4.99. The van der Waals surface area contributed by atoms with E-state index in [1.165, 1.54) is 0 Å². The summed E-state index contributed by atoms with van der Waals surface area (Å²) >= 11 is 0. The van der Waals surface area contributed by atoms with Crippen LogP contribution in [0.5, 0.6) is 0 Å². The minimum absolute atomic E-state index is 0. The second-order valence-corrected chi connectivity index (χ2v) is 5.45. The van der Waals surface area contributed by atoms with Crippen LogP contribution in [-0.2, 0) is 0 Å². The van der Waals surface area contributed by atoms with Gasteiger partial charge >= 0.3 is 6.09 Å². The van der Waals surface area contributed by atoms with Gasteiger partial charge in [0.05, 0.1) is 0 Å². The van der Waals surface area contributed by atoms with E-state index in [-0.39, 0.29) is 29.5 Å². The van der Waals surface area contributed by atoms with E-state index in [0.29, 0.717) is 0 Å². The lowest BCUT2D eigenvalue weighted by molar-refractivity contribution is 0.136. The average molecular weight is 237 g/mol. The van der Waals surface area contributed by atoms with E-state index in [4.69, 9.17) is 5.11 Å². The Morgan fingerprint density at radius 2 is 1.67 bits per heavy atom. The van der Waals surface area contributed by atoms with Crippen LogP contribution in [-0.4, -0.2) is 28.3 Å². The van der Waals surface area contributed by atoms with Crippen LogP contribution in [0.2, 0.25) is 0 Å². The second kappa shape index (κ2) is 4.58. The normalized spacial score (nSPS) is 24.0. The SMILES string of the molecule is CC1(C)CC(NC(=O)O)CC(C)(C)N1.Cl. The standard InChI is InChI=1S/C10H20N2O2.ClH/c1-9(2)5-7(11-8(13)14)6-10(3,4)12-9;/h7,11-12H,5-6H2,1-4H3,(H,13,14);1H. The van der Waals surface area contributed by atoms with Gasteiger partial charge in [-0.2, -0.15) is 0 Å². The number of amides is 1. The molecule has 0 aromatic heterocycles. The highest BCUT2D eigenvalue weighted by Gasteiger charge is 2.38. The van der Waals surface area contributed by atoms with Gasteiger partial charge in [0.2, 0.25) is 0 Å². The molecule has 5 heteroatoms. The van der Waals surface area contributed by atoms with Crippen LogP contribution < -0.4 is 10.6 Å². The zero-order valence-corrected chi connectivity index (χ0v) is 10.6. The van der Waals surface area contributed by atoms with Crippen molar-refractivity contribution >= 4 is 18.5 Å². The Balaban J connectivity index is 0.00000196. The van der Waals surface area contributed by atoms with Crippen molar-refractivity contribution in [3.8, 4) is 0 Å². The zero-order valence-electron chi connectivity index (χ0n) is 9.76. The summed E-state index contributed by atoms with van der Waals surface area (Å²) in [5.74, 6) is 0. The first kappa shape index (κ1) is 14.5. The number of rotatable bonds is 1. The van der Waals surface area contributed by atoms with E-state index < -0.39 is 6.09 Å². The highest BCUT2D eigenvalue weighted by atomic mass is 35.5. The van der Waals surface area contributed by atoms with Gasteiger partial charge in [0, 0.05) is 17.1 Å². The fraction of sp³-hybridized carbons (Fsp3) is 0.900. The average Bonchev–Trinajstić information content (AvgIpc) is 1.74. The molecule has 0 atom stereocenters. The van der Waals surface area contributed by atoms with Crippen LogP contribution >= 0.6 is 12.4 Å². The molecule has 1 aliphatic rings. The second-order valence-electron chi connectivity index (χ2n) is 5.45. The van der Waals surface area contributed by atoms with Crippen LogP contribution in [0.3, 0.4) is 0 Å². The van der Waals surface area contributed by atoms with Crippen LogP contribution in [0.4, 0.5) is 4.79 Å². The monoisotopic (exact) mass is 236 g/mol. The zero-order chi connectivity index (χ0) is 11.0. The van der Waals surface area contributed by atoms with Gasteiger partial charge in [0.1, 0.15) is 0 Å². The summed E-state index contributed by atoms with van der Waals surface area (Å²) < 4.78 is 0. The van der Waals surface area contributed by atoms with Crippen LogP contribution in [0.15, 0.2) is 0 Å². The van der Waals surface area contributed by atoms with Gasteiger partial charge in [-0.05, 0) is 40.5 Å². The maximum absolute atomic E-state index is 10.6. The van der Waals surface area contributed by atoms with E-state index in [0.717, 1.165) is 12.8 Å². The smallest absolute Gasteiger partial charge is 0.404 e. The molecule has 0 spiro atoms. The van der Waals surface area contributed by atoms with Gasteiger partial charge in [0.25, 0.3) is 0 Å². The van der Waals surface area contributed by atoms with Crippen LogP contribution in [0.1, 0.15) is 40.5 Å². The largest absolute Gasteiger partial charge is 0.465 e. The number of hydrogen-bond acceptors (Lipinski definition) is 2. The molecule has 0 aromatic rings. The summed E-state index contributed by atoms with van der Waals surface area (Å²) in [6, 6.07) is 0.0544. The molecule has 1 heterocycles. The molecule has 1 rings (SSSR count).